The van der Waals surface area contributed by atoms with E-state index < -0.39 is 0 Å². The molecule has 0 aliphatic carbocycles. The zero-order chi connectivity index (χ0) is 14.8. The van der Waals surface area contributed by atoms with Gasteiger partial charge in [-0.15, -0.1) is 11.3 Å². The van der Waals surface area contributed by atoms with Crippen molar-refractivity contribution in [3.63, 3.8) is 0 Å². The number of aryl methyl sites for hydroxylation is 2. The number of benzene rings is 1. The van der Waals surface area contributed by atoms with Crippen LogP contribution in [-0.2, 0) is 6.54 Å². The first-order chi connectivity index (χ1) is 10.2. The van der Waals surface area contributed by atoms with E-state index in [1.807, 2.05) is 7.05 Å². The minimum absolute atomic E-state index is 0.649. The second-order valence-corrected chi connectivity index (χ2v) is 6.30. The quantitative estimate of drug-likeness (QED) is 0.765. The van der Waals surface area contributed by atoms with Crippen LogP contribution in [0.4, 0.5) is 11.8 Å². The highest BCUT2D eigenvalue weighted by atomic mass is 32.1. The van der Waals surface area contributed by atoms with E-state index in [4.69, 9.17) is 0 Å². The van der Waals surface area contributed by atoms with E-state index in [1.54, 1.807) is 11.3 Å². The molecule has 0 amide bonds. The average molecular weight is 298 g/mol. The normalized spacial score (nSPS) is 10.8. The minimum Gasteiger partial charge on any atom is -0.365 e. The summed E-state index contributed by atoms with van der Waals surface area (Å²) in [7, 11) is 1.84. The summed E-state index contributed by atoms with van der Waals surface area (Å²) in [5, 5.41) is 7.53. The van der Waals surface area contributed by atoms with Gasteiger partial charge in [0, 0.05) is 18.5 Å². The molecule has 5 heteroatoms. The monoisotopic (exact) mass is 298 g/mol. The number of hydrogen-bond acceptors (Lipinski definition) is 5. The summed E-state index contributed by atoms with van der Waals surface area (Å²) in [6.45, 7) is 4.94. The van der Waals surface area contributed by atoms with Gasteiger partial charge in [0.15, 0.2) is 0 Å². The third-order valence-electron chi connectivity index (χ3n) is 3.32. The van der Waals surface area contributed by atoms with Crippen LogP contribution in [0.3, 0.4) is 0 Å². The molecule has 2 N–H and O–H groups in total. The van der Waals surface area contributed by atoms with Crippen LogP contribution in [0.15, 0.2) is 30.3 Å². The summed E-state index contributed by atoms with van der Waals surface area (Å²) < 4.78 is 0. The number of fused-ring (bicyclic) bond motifs is 1. The van der Waals surface area contributed by atoms with Gasteiger partial charge in [-0.2, -0.15) is 4.98 Å². The van der Waals surface area contributed by atoms with Crippen LogP contribution in [0.25, 0.3) is 10.2 Å². The Morgan fingerprint density at radius 3 is 2.57 bits per heavy atom. The van der Waals surface area contributed by atoms with Gasteiger partial charge < -0.3 is 10.6 Å². The molecule has 0 saturated heterocycles. The number of nitrogens with one attached hydrogen (secondary N) is 2. The highest BCUT2D eigenvalue weighted by Crippen LogP contribution is 2.29. The first kappa shape index (κ1) is 13.8. The Hall–Kier alpha value is -2.14. The molecule has 2 heterocycles. The largest absolute Gasteiger partial charge is 0.365 e. The molecule has 0 unspecified atom stereocenters. The maximum absolute atomic E-state index is 4.54. The van der Waals surface area contributed by atoms with Crippen LogP contribution in [0, 0.1) is 13.8 Å². The van der Waals surface area contributed by atoms with E-state index in [1.165, 1.54) is 16.0 Å². The van der Waals surface area contributed by atoms with Crippen LogP contribution in [0.1, 0.15) is 16.0 Å². The van der Waals surface area contributed by atoms with Crippen molar-refractivity contribution < 1.29 is 0 Å². The fourth-order valence-corrected chi connectivity index (χ4v) is 3.06. The number of thiophene rings is 1. The van der Waals surface area contributed by atoms with Crippen molar-refractivity contribution in [2.45, 2.75) is 20.4 Å². The molecule has 1 aromatic carbocycles. The standard InChI is InChI=1S/C16H18N4S/c1-10-4-6-12(7-5-10)9-18-14-13-8-11(2)21-15(13)20-16(17-3)19-14/h4-8H,9H2,1-3H3,(H2,17,18,19,20). The Bertz CT molecular complexity index is 762. The number of anilines is 2. The molecular formula is C16H18N4S. The van der Waals surface area contributed by atoms with Crippen molar-refractivity contribution in [1.82, 2.24) is 9.97 Å². The summed E-state index contributed by atoms with van der Waals surface area (Å²) in [6, 6.07) is 10.7. The molecule has 21 heavy (non-hydrogen) atoms. The summed E-state index contributed by atoms with van der Waals surface area (Å²) in [4.78, 5) is 11.3. The fourth-order valence-electron chi connectivity index (χ4n) is 2.18. The van der Waals surface area contributed by atoms with Crippen molar-refractivity contribution in [2.24, 2.45) is 0 Å². The predicted octanol–water partition coefficient (Wildman–Crippen LogP) is 3.96. The molecule has 0 saturated carbocycles. The van der Waals surface area contributed by atoms with E-state index in [2.05, 4.69) is 64.8 Å². The van der Waals surface area contributed by atoms with Crippen LogP contribution in [0.2, 0.25) is 0 Å². The number of rotatable bonds is 4. The lowest BCUT2D eigenvalue weighted by Crippen LogP contribution is -2.04. The highest BCUT2D eigenvalue weighted by molar-refractivity contribution is 7.18. The molecule has 0 aliphatic rings. The maximum Gasteiger partial charge on any atom is 0.225 e. The summed E-state index contributed by atoms with van der Waals surface area (Å²) in [5.41, 5.74) is 2.51. The van der Waals surface area contributed by atoms with Crippen molar-refractivity contribution >= 4 is 33.3 Å². The van der Waals surface area contributed by atoms with Gasteiger partial charge in [0.1, 0.15) is 10.6 Å². The van der Waals surface area contributed by atoms with Crippen LogP contribution in [0.5, 0.6) is 0 Å². The molecule has 0 atom stereocenters. The molecule has 0 fully saturated rings. The summed E-state index contributed by atoms with van der Waals surface area (Å²) in [6.07, 6.45) is 0. The van der Waals surface area contributed by atoms with Crippen LogP contribution in [-0.4, -0.2) is 17.0 Å². The molecule has 0 aliphatic heterocycles. The van der Waals surface area contributed by atoms with Crippen LogP contribution >= 0.6 is 11.3 Å². The van der Waals surface area contributed by atoms with E-state index in [-0.39, 0.29) is 0 Å². The van der Waals surface area contributed by atoms with E-state index in [9.17, 15) is 0 Å². The smallest absolute Gasteiger partial charge is 0.225 e. The van der Waals surface area contributed by atoms with Gasteiger partial charge in [0.2, 0.25) is 5.95 Å². The van der Waals surface area contributed by atoms with Crippen molar-refractivity contribution in [3.8, 4) is 0 Å². The zero-order valence-electron chi connectivity index (χ0n) is 12.4. The Balaban J connectivity index is 1.90. The lowest BCUT2D eigenvalue weighted by Gasteiger charge is -2.09. The third kappa shape index (κ3) is 2.97. The Morgan fingerprint density at radius 2 is 1.86 bits per heavy atom. The second-order valence-electron chi connectivity index (χ2n) is 5.06. The zero-order valence-corrected chi connectivity index (χ0v) is 13.2. The predicted molar refractivity (Wildman–Crippen MR) is 90.2 cm³/mol. The van der Waals surface area contributed by atoms with Gasteiger partial charge in [-0.3, -0.25) is 0 Å². The first-order valence-electron chi connectivity index (χ1n) is 6.91. The summed E-state index contributed by atoms with van der Waals surface area (Å²) in [5.74, 6) is 1.53. The van der Waals surface area contributed by atoms with Gasteiger partial charge >= 0.3 is 0 Å². The van der Waals surface area contributed by atoms with Gasteiger partial charge in [0.05, 0.1) is 5.39 Å². The Labute approximate surface area is 128 Å². The Morgan fingerprint density at radius 1 is 1.10 bits per heavy atom. The van der Waals surface area contributed by atoms with Gasteiger partial charge in [-0.05, 0) is 25.5 Å². The number of hydrogen-bond donors (Lipinski definition) is 2. The van der Waals surface area contributed by atoms with Gasteiger partial charge in [-0.1, -0.05) is 29.8 Å². The van der Waals surface area contributed by atoms with Gasteiger partial charge in [0.25, 0.3) is 0 Å². The Kier molecular flexibility index (Phi) is 3.75. The van der Waals surface area contributed by atoms with Gasteiger partial charge in [-0.25, -0.2) is 4.98 Å². The average Bonchev–Trinajstić information content (AvgIpc) is 2.86. The molecular weight excluding hydrogens is 280 g/mol. The topological polar surface area (TPSA) is 49.8 Å². The fraction of sp³-hybridized carbons (Fsp3) is 0.250. The highest BCUT2D eigenvalue weighted by Gasteiger charge is 2.09. The second kappa shape index (κ2) is 5.69. The molecule has 0 bridgehead atoms. The van der Waals surface area contributed by atoms with Crippen molar-refractivity contribution in [3.05, 3.63) is 46.3 Å². The SMILES string of the molecule is CNc1nc(NCc2ccc(C)cc2)c2cc(C)sc2n1. The first-order valence-corrected chi connectivity index (χ1v) is 7.72. The van der Waals surface area contributed by atoms with E-state index in [0.717, 1.165) is 22.6 Å². The van der Waals surface area contributed by atoms with E-state index in [0.29, 0.717) is 5.95 Å². The lowest BCUT2D eigenvalue weighted by molar-refractivity contribution is 1.10. The van der Waals surface area contributed by atoms with E-state index >= 15 is 0 Å². The van der Waals surface area contributed by atoms with Crippen molar-refractivity contribution in [1.29, 1.82) is 0 Å². The van der Waals surface area contributed by atoms with Crippen LogP contribution < -0.4 is 10.6 Å². The molecule has 0 radical (unpaired) electrons. The molecule has 108 valence electrons. The third-order valence-corrected chi connectivity index (χ3v) is 4.26. The maximum atomic E-state index is 4.54. The number of nitrogens with zero attached hydrogens (tertiary/aromatic N) is 2. The molecule has 4 nitrogen and oxygen atoms in total. The lowest BCUT2D eigenvalue weighted by atomic mass is 10.1. The summed E-state index contributed by atoms with van der Waals surface area (Å²) >= 11 is 1.69. The molecule has 2 aromatic heterocycles. The van der Waals surface area contributed by atoms with Crippen molar-refractivity contribution in [2.75, 3.05) is 17.7 Å². The molecule has 3 rings (SSSR count). The minimum atomic E-state index is 0.649. The number of aromatic nitrogens is 2. The molecule has 3 aromatic rings. The molecule has 0 spiro atoms.